The summed E-state index contributed by atoms with van der Waals surface area (Å²) in [5.41, 5.74) is 1.53. The zero-order valence-electron chi connectivity index (χ0n) is 13.2. The predicted molar refractivity (Wildman–Crippen MR) is 86.4 cm³/mol. The molecule has 22 heavy (non-hydrogen) atoms. The molecule has 1 saturated heterocycles. The van der Waals surface area contributed by atoms with Crippen LogP contribution in [0.2, 0.25) is 5.02 Å². The number of carbonyl (C=O) groups excluding carboxylic acids is 1. The number of carboxylic acids is 1. The average Bonchev–Trinajstić information content (AvgIpc) is 2.46. The Morgan fingerprint density at radius 2 is 2.05 bits per heavy atom. The predicted octanol–water partition coefficient (Wildman–Crippen LogP) is 3.79. The van der Waals surface area contributed by atoms with Crippen molar-refractivity contribution in [2.75, 3.05) is 6.54 Å². The lowest BCUT2D eigenvalue weighted by Crippen LogP contribution is -2.49. The smallest absolute Gasteiger partial charge is 0.308 e. The van der Waals surface area contributed by atoms with Gasteiger partial charge in [-0.2, -0.15) is 0 Å². The minimum absolute atomic E-state index is 0.143. The number of halogens is 1. The molecule has 1 aliphatic rings. The molecule has 120 valence electrons. The Balaban J connectivity index is 2.24. The molecule has 4 nitrogen and oxygen atoms in total. The van der Waals surface area contributed by atoms with Gasteiger partial charge in [0, 0.05) is 23.2 Å². The quantitative estimate of drug-likeness (QED) is 0.920. The number of hydrogen-bond donors (Lipinski definition) is 1. The molecule has 0 bridgehead atoms. The molecule has 0 aliphatic carbocycles. The number of likely N-dealkylation sites (tertiary alicyclic amines) is 1. The monoisotopic (exact) mass is 323 g/mol. The Morgan fingerprint density at radius 3 is 2.59 bits per heavy atom. The van der Waals surface area contributed by atoms with Crippen molar-refractivity contribution in [1.82, 2.24) is 4.90 Å². The van der Waals surface area contributed by atoms with Crippen molar-refractivity contribution in [3.8, 4) is 0 Å². The number of carboxylic acid groups (broad SMARTS) is 1. The van der Waals surface area contributed by atoms with Gasteiger partial charge in [0.2, 0.25) is 0 Å². The van der Waals surface area contributed by atoms with Gasteiger partial charge in [-0.3, -0.25) is 9.59 Å². The molecule has 0 unspecified atom stereocenters. The summed E-state index contributed by atoms with van der Waals surface area (Å²) in [5, 5.41) is 9.84. The van der Waals surface area contributed by atoms with Gasteiger partial charge >= 0.3 is 5.97 Å². The summed E-state index contributed by atoms with van der Waals surface area (Å²) < 4.78 is 0. The van der Waals surface area contributed by atoms with E-state index in [1.54, 1.807) is 24.0 Å². The first-order valence-corrected chi connectivity index (χ1v) is 8.04. The van der Waals surface area contributed by atoms with E-state index in [2.05, 4.69) is 0 Å². The first-order chi connectivity index (χ1) is 10.3. The number of piperidine rings is 1. The minimum atomic E-state index is -0.835. The first-order valence-electron chi connectivity index (χ1n) is 7.66. The molecule has 1 amide bonds. The van der Waals surface area contributed by atoms with E-state index < -0.39 is 11.9 Å². The summed E-state index contributed by atoms with van der Waals surface area (Å²) in [6, 6.07) is 5.04. The molecular weight excluding hydrogens is 302 g/mol. The summed E-state index contributed by atoms with van der Waals surface area (Å²) in [6.07, 6.45) is 1.33. The van der Waals surface area contributed by atoms with Crippen molar-refractivity contribution in [2.24, 2.45) is 5.92 Å². The third kappa shape index (κ3) is 3.27. The van der Waals surface area contributed by atoms with E-state index in [1.165, 1.54) is 0 Å². The van der Waals surface area contributed by atoms with Crippen LogP contribution in [0.4, 0.5) is 0 Å². The van der Waals surface area contributed by atoms with E-state index in [0.29, 0.717) is 35.9 Å². The largest absolute Gasteiger partial charge is 0.481 e. The maximum absolute atomic E-state index is 12.7. The van der Waals surface area contributed by atoms with Crippen LogP contribution in [0.1, 0.15) is 55.5 Å². The van der Waals surface area contributed by atoms with E-state index in [1.807, 2.05) is 19.9 Å². The fourth-order valence-electron chi connectivity index (χ4n) is 3.05. The highest BCUT2D eigenvalue weighted by molar-refractivity contribution is 6.31. The van der Waals surface area contributed by atoms with Gasteiger partial charge in [-0.05, 0) is 43.4 Å². The van der Waals surface area contributed by atoms with Crippen molar-refractivity contribution < 1.29 is 14.7 Å². The lowest BCUT2D eigenvalue weighted by Gasteiger charge is -2.37. The van der Waals surface area contributed by atoms with Crippen LogP contribution >= 0.6 is 11.6 Å². The summed E-state index contributed by atoms with van der Waals surface area (Å²) >= 11 is 6.26. The molecule has 0 saturated carbocycles. The fraction of sp³-hybridized carbons (Fsp3) is 0.529. The van der Waals surface area contributed by atoms with Crippen molar-refractivity contribution in [3.05, 3.63) is 34.3 Å². The normalized spacial score (nSPS) is 22.0. The van der Waals surface area contributed by atoms with E-state index >= 15 is 0 Å². The van der Waals surface area contributed by atoms with Crippen molar-refractivity contribution >= 4 is 23.5 Å². The van der Waals surface area contributed by atoms with Gasteiger partial charge in [0.25, 0.3) is 5.91 Å². The Hall–Kier alpha value is -1.55. The number of aliphatic carboxylic acids is 1. The van der Waals surface area contributed by atoms with Crippen LogP contribution in [-0.4, -0.2) is 34.5 Å². The first kappa shape index (κ1) is 16.8. The van der Waals surface area contributed by atoms with Gasteiger partial charge in [0.1, 0.15) is 0 Å². The van der Waals surface area contributed by atoms with Crippen LogP contribution in [0.25, 0.3) is 0 Å². The molecule has 2 rings (SSSR count). The average molecular weight is 324 g/mol. The van der Waals surface area contributed by atoms with Gasteiger partial charge in [0.15, 0.2) is 0 Å². The lowest BCUT2D eigenvalue weighted by molar-refractivity contribution is -0.144. The van der Waals surface area contributed by atoms with Crippen LogP contribution in [0.3, 0.4) is 0 Å². The van der Waals surface area contributed by atoms with Crippen molar-refractivity contribution in [1.29, 1.82) is 0 Å². The summed E-state index contributed by atoms with van der Waals surface area (Å²) in [5.74, 6) is -1.18. The van der Waals surface area contributed by atoms with Gasteiger partial charge in [-0.15, -0.1) is 0 Å². The molecule has 1 N–H and O–H groups in total. The molecule has 1 aromatic carbocycles. The number of amides is 1. The Kier molecular flexibility index (Phi) is 5.12. The van der Waals surface area contributed by atoms with E-state index in [9.17, 15) is 14.7 Å². The van der Waals surface area contributed by atoms with Crippen LogP contribution in [-0.2, 0) is 4.79 Å². The SMILES string of the molecule is CC(C)c1ccc(C(=O)N2CCC[C@H](C(=O)O)[C@@H]2C)cc1Cl. The standard InChI is InChI=1S/C17H22ClNO3/c1-10(2)13-7-6-12(9-15(13)18)16(20)19-8-4-5-14(11(19)3)17(21)22/h6-7,9-11,14H,4-5,8H2,1-3H3,(H,21,22)/t11-,14-/m0/s1. The number of benzene rings is 1. The van der Waals surface area contributed by atoms with Gasteiger partial charge in [-0.25, -0.2) is 0 Å². The van der Waals surface area contributed by atoms with E-state index in [4.69, 9.17) is 11.6 Å². The third-order valence-corrected chi connectivity index (χ3v) is 4.76. The maximum Gasteiger partial charge on any atom is 0.308 e. The molecule has 1 aromatic rings. The summed E-state index contributed by atoms with van der Waals surface area (Å²) in [7, 11) is 0. The van der Waals surface area contributed by atoms with E-state index in [-0.39, 0.29) is 11.9 Å². The van der Waals surface area contributed by atoms with E-state index in [0.717, 1.165) is 5.56 Å². The van der Waals surface area contributed by atoms with Crippen molar-refractivity contribution in [2.45, 2.75) is 45.6 Å². The topological polar surface area (TPSA) is 57.6 Å². The Bertz CT molecular complexity index is 585. The van der Waals surface area contributed by atoms with Gasteiger partial charge < -0.3 is 10.0 Å². The van der Waals surface area contributed by atoms with Crippen LogP contribution < -0.4 is 0 Å². The second kappa shape index (κ2) is 6.69. The molecule has 0 radical (unpaired) electrons. The zero-order chi connectivity index (χ0) is 16.4. The molecule has 0 aromatic heterocycles. The van der Waals surface area contributed by atoms with Crippen LogP contribution in [0, 0.1) is 5.92 Å². The summed E-state index contributed by atoms with van der Waals surface area (Å²) in [4.78, 5) is 25.6. The van der Waals surface area contributed by atoms with Crippen molar-refractivity contribution in [3.63, 3.8) is 0 Å². The van der Waals surface area contributed by atoms with Gasteiger partial charge in [-0.1, -0.05) is 31.5 Å². The Labute approximate surface area is 136 Å². The van der Waals surface area contributed by atoms with Gasteiger partial charge in [0.05, 0.1) is 5.92 Å². The molecule has 2 atom stereocenters. The van der Waals surface area contributed by atoms with Crippen LogP contribution in [0.15, 0.2) is 18.2 Å². The highest BCUT2D eigenvalue weighted by Gasteiger charge is 2.35. The molecule has 5 heteroatoms. The molecule has 1 heterocycles. The summed E-state index contributed by atoms with van der Waals surface area (Å²) in [6.45, 7) is 6.49. The maximum atomic E-state index is 12.7. The molecule has 1 fully saturated rings. The number of carbonyl (C=O) groups is 2. The second-order valence-electron chi connectivity index (χ2n) is 6.22. The lowest BCUT2D eigenvalue weighted by atomic mass is 9.89. The third-order valence-electron chi connectivity index (χ3n) is 4.44. The number of hydrogen-bond acceptors (Lipinski definition) is 2. The fourth-order valence-corrected chi connectivity index (χ4v) is 3.45. The Morgan fingerprint density at radius 1 is 1.36 bits per heavy atom. The minimum Gasteiger partial charge on any atom is -0.481 e. The highest BCUT2D eigenvalue weighted by atomic mass is 35.5. The molecule has 1 aliphatic heterocycles. The number of rotatable bonds is 3. The number of nitrogens with zero attached hydrogens (tertiary/aromatic N) is 1. The zero-order valence-corrected chi connectivity index (χ0v) is 13.9. The van der Waals surface area contributed by atoms with Crippen LogP contribution in [0.5, 0.6) is 0 Å². The molecule has 0 spiro atoms. The second-order valence-corrected chi connectivity index (χ2v) is 6.62. The highest BCUT2D eigenvalue weighted by Crippen LogP contribution is 2.28. The molecular formula is C17H22ClNO3.